The monoisotopic (exact) mass is 294 g/mol. The lowest BCUT2D eigenvalue weighted by Gasteiger charge is -2.19. The maximum absolute atomic E-state index is 11.5. The molecule has 114 valence electrons. The van der Waals surface area contributed by atoms with Crippen LogP contribution in [0.2, 0.25) is 0 Å². The Kier molecular flexibility index (Phi) is 3.88. The van der Waals surface area contributed by atoms with E-state index in [4.69, 9.17) is 9.84 Å². The Balaban J connectivity index is 1.99. The number of aromatic carboxylic acids is 1. The third kappa shape index (κ3) is 3.53. The minimum Gasteiger partial charge on any atom is -0.477 e. The maximum Gasteiger partial charge on any atom is 0.407 e. The van der Waals surface area contributed by atoms with Crippen molar-refractivity contribution in [3.63, 3.8) is 0 Å². The van der Waals surface area contributed by atoms with E-state index >= 15 is 0 Å². The molecule has 0 aromatic carbocycles. The molecule has 2 N–H and O–H groups in total. The van der Waals surface area contributed by atoms with Crippen molar-refractivity contribution >= 4 is 17.7 Å². The number of carbonyl (C=O) groups is 2. The summed E-state index contributed by atoms with van der Waals surface area (Å²) < 4.78 is 8.32. The number of fused-ring (bicyclic) bond motifs is 1. The smallest absolute Gasteiger partial charge is 0.407 e. The van der Waals surface area contributed by atoms with Crippen LogP contribution >= 0.6 is 0 Å². The molecule has 0 saturated carbocycles. The van der Waals surface area contributed by atoms with Crippen LogP contribution < -0.4 is 5.32 Å². The molecule has 0 aliphatic carbocycles. The van der Waals surface area contributed by atoms with Crippen molar-refractivity contribution in [2.24, 2.45) is 0 Å². The van der Waals surface area contributed by atoms with Gasteiger partial charge in [0.1, 0.15) is 11.2 Å². The number of nitrogens with zero attached hydrogens (tertiary/aromatic N) is 3. The molecule has 0 fully saturated rings. The van der Waals surface area contributed by atoms with Crippen LogP contribution in [-0.4, -0.2) is 43.5 Å². The highest BCUT2D eigenvalue weighted by atomic mass is 16.6. The summed E-state index contributed by atoms with van der Waals surface area (Å²) in [6.45, 7) is 6.10. The Hall–Kier alpha value is -2.51. The fraction of sp³-hybridized carbons (Fsp3) is 0.462. The van der Waals surface area contributed by atoms with Gasteiger partial charge in [0.05, 0.1) is 6.20 Å². The van der Waals surface area contributed by atoms with Crippen molar-refractivity contribution in [3.05, 3.63) is 24.2 Å². The normalized spacial score (nSPS) is 11.6. The van der Waals surface area contributed by atoms with Crippen LogP contribution in [0.1, 0.15) is 31.1 Å². The van der Waals surface area contributed by atoms with Gasteiger partial charge in [-0.3, -0.25) is 0 Å². The molecule has 0 saturated heterocycles. The first-order chi connectivity index (χ1) is 9.78. The first kappa shape index (κ1) is 14.9. The Morgan fingerprint density at radius 3 is 2.71 bits per heavy atom. The van der Waals surface area contributed by atoms with Crippen LogP contribution in [0, 0.1) is 0 Å². The summed E-state index contributed by atoms with van der Waals surface area (Å²) in [4.78, 5) is 22.6. The topological polar surface area (TPSA) is 97.9 Å². The van der Waals surface area contributed by atoms with Crippen molar-refractivity contribution in [2.75, 3.05) is 6.54 Å². The summed E-state index contributed by atoms with van der Waals surface area (Å²) in [7, 11) is 0. The van der Waals surface area contributed by atoms with Crippen LogP contribution in [0.15, 0.2) is 18.6 Å². The molecule has 2 aromatic heterocycles. The SMILES string of the molecule is CC(C)(C)OC(=O)NCCn1ccn2ncc(C(=O)O)c12. The van der Waals surface area contributed by atoms with Gasteiger partial charge >= 0.3 is 12.1 Å². The second-order valence-electron chi connectivity index (χ2n) is 5.55. The highest BCUT2D eigenvalue weighted by Crippen LogP contribution is 2.11. The minimum atomic E-state index is -1.04. The number of aromatic nitrogens is 3. The molecule has 8 nitrogen and oxygen atoms in total. The standard InChI is InChI=1S/C13H18N4O4/c1-13(2,3)21-12(20)14-4-5-16-6-7-17-10(16)9(8-15-17)11(18)19/h6-8H,4-5H2,1-3H3,(H,14,20)(H,18,19). The summed E-state index contributed by atoms with van der Waals surface area (Å²) in [5.74, 6) is -1.04. The zero-order valence-electron chi connectivity index (χ0n) is 12.2. The maximum atomic E-state index is 11.5. The van der Waals surface area contributed by atoms with Gasteiger partial charge in [-0.15, -0.1) is 0 Å². The van der Waals surface area contributed by atoms with Crippen molar-refractivity contribution < 1.29 is 19.4 Å². The van der Waals surface area contributed by atoms with Crippen LogP contribution in [-0.2, 0) is 11.3 Å². The second kappa shape index (κ2) is 5.47. The number of ether oxygens (including phenoxy) is 1. The van der Waals surface area contributed by atoms with E-state index < -0.39 is 17.7 Å². The summed E-state index contributed by atoms with van der Waals surface area (Å²) in [6, 6.07) is 0. The largest absolute Gasteiger partial charge is 0.477 e. The van der Waals surface area contributed by atoms with Gasteiger partial charge in [-0.25, -0.2) is 14.1 Å². The number of rotatable bonds is 4. The van der Waals surface area contributed by atoms with Gasteiger partial charge in [-0.2, -0.15) is 5.10 Å². The molecule has 2 heterocycles. The summed E-state index contributed by atoms with van der Waals surface area (Å²) in [5.41, 5.74) is 0.0537. The van der Waals surface area contributed by atoms with Crippen LogP contribution in [0.3, 0.4) is 0 Å². The van der Waals surface area contributed by atoms with E-state index in [1.165, 1.54) is 10.7 Å². The zero-order valence-corrected chi connectivity index (χ0v) is 12.2. The molecule has 0 aliphatic rings. The quantitative estimate of drug-likeness (QED) is 0.887. The third-order valence-electron chi connectivity index (χ3n) is 2.68. The van der Waals surface area contributed by atoms with Crippen LogP contribution in [0.25, 0.3) is 5.65 Å². The number of alkyl carbamates (subject to hydrolysis) is 1. The lowest BCUT2D eigenvalue weighted by molar-refractivity contribution is 0.0525. The average molecular weight is 294 g/mol. The molecule has 2 aromatic rings. The molecule has 2 rings (SSSR count). The molecule has 0 aliphatic heterocycles. The number of nitrogens with one attached hydrogen (secondary N) is 1. The van der Waals surface area contributed by atoms with Crippen LogP contribution in [0.4, 0.5) is 4.79 Å². The van der Waals surface area contributed by atoms with Gasteiger partial charge in [0.2, 0.25) is 0 Å². The number of carboxylic acid groups (broad SMARTS) is 1. The van der Waals surface area contributed by atoms with Gasteiger partial charge in [0.25, 0.3) is 0 Å². The Labute approximate surface area is 121 Å². The Bertz CT molecular complexity index is 665. The fourth-order valence-electron chi connectivity index (χ4n) is 1.89. The van der Waals surface area contributed by atoms with Crippen molar-refractivity contribution in [1.82, 2.24) is 19.5 Å². The lowest BCUT2D eigenvalue weighted by Crippen LogP contribution is -2.34. The van der Waals surface area contributed by atoms with Crippen molar-refractivity contribution in [2.45, 2.75) is 32.9 Å². The molecule has 21 heavy (non-hydrogen) atoms. The van der Waals surface area contributed by atoms with E-state index in [1.807, 2.05) is 0 Å². The molecule has 0 bridgehead atoms. The summed E-state index contributed by atoms with van der Waals surface area (Å²) in [5, 5.41) is 15.7. The molecule has 0 unspecified atom stereocenters. The van der Waals surface area contributed by atoms with Gasteiger partial charge in [0, 0.05) is 25.5 Å². The third-order valence-corrected chi connectivity index (χ3v) is 2.68. The highest BCUT2D eigenvalue weighted by Gasteiger charge is 2.17. The van der Waals surface area contributed by atoms with Gasteiger partial charge in [0.15, 0.2) is 5.65 Å². The number of hydrogen-bond donors (Lipinski definition) is 2. The molecule has 8 heteroatoms. The van der Waals surface area contributed by atoms with Crippen molar-refractivity contribution in [1.29, 1.82) is 0 Å². The number of imidazole rings is 1. The predicted octanol–water partition coefficient (Wildman–Crippen LogP) is 1.36. The van der Waals surface area contributed by atoms with Crippen LogP contribution in [0.5, 0.6) is 0 Å². The average Bonchev–Trinajstić information content (AvgIpc) is 2.88. The van der Waals surface area contributed by atoms with E-state index in [1.54, 1.807) is 37.7 Å². The van der Waals surface area contributed by atoms with Gasteiger partial charge < -0.3 is 19.7 Å². The second-order valence-corrected chi connectivity index (χ2v) is 5.55. The number of amides is 1. The molecular formula is C13H18N4O4. The van der Waals surface area contributed by atoms with E-state index in [0.717, 1.165) is 0 Å². The van der Waals surface area contributed by atoms with Gasteiger partial charge in [-0.05, 0) is 20.8 Å². The Morgan fingerprint density at radius 1 is 1.38 bits per heavy atom. The zero-order chi connectivity index (χ0) is 15.6. The fourth-order valence-corrected chi connectivity index (χ4v) is 1.89. The van der Waals surface area contributed by atoms with E-state index in [2.05, 4.69) is 10.4 Å². The number of carbonyl (C=O) groups excluding carboxylic acids is 1. The first-order valence-corrected chi connectivity index (χ1v) is 6.50. The number of hydrogen-bond acceptors (Lipinski definition) is 4. The molecule has 0 radical (unpaired) electrons. The summed E-state index contributed by atoms with van der Waals surface area (Å²) >= 11 is 0. The predicted molar refractivity (Wildman–Crippen MR) is 74.4 cm³/mol. The van der Waals surface area contributed by atoms with Crippen molar-refractivity contribution in [3.8, 4) is 0 Å². The first-order valence-electron chi connectivity index (χ1n) is 6.50. The van der Waals surface area contributed by atoms with E-state index in [-0.39, 0.29) is 5.56 Å². The molecule has 0 atom stereocenters. The molecule has 1 amide bonds. The lowest BCUT2D eigenvalue weighted by atomic mass is 10.2. The molecule has 0 spiro atoms. The Morgan fingerprint density at radius 2 is 2.10 bits per heavy atom. The van der Waals surface area contributed by atoms with E-state index in [9.17, 15) is 9.59 Å². The summed E-state index contributed by atoms with van der Waals surface area (Å²) in [6.07, 6.45) is 4.17. The number of carboxylic acids is 1. The molecular weight excluding hydrogens is 276 g/mol. The van der Waals surface area contributed by atoms with Gasteiger partial charge in [-0.1, -0.05) is 0 Å². The minimum absolute atomic E-state index is 0.122. The van der Waals surface area contributed by atoms with E-state index in [0.29, 0.717) is 18.7 Å². The highest BCUT2D eigenvalue weighted by molar-refractivity contribution is 5.94.